The van der Waals surface area contributed by atoms with Gasteiger partial charge in [-0.05, 0) is 36.8 Å². The summed E-state index contributed by atoms with van der Waals surface area (Å²) in [6.45, 7) is 1.56. The maximum Gasteiger partial charge on any atom is 0.255 e. The second-order valence-corrected chi connectivity index (χ2v) is 6.48. The van der Waals surface area contributed by atoms with E-state index in [-0.39, 0.29) is 11.1 Å². The lowest BCUT2D eigenvalue weighted by Gasteiger charge is -2.20. The quantitative estimate of drug-likeness (QED) is 0.618. The van der Waals surface area contributed by atoms with Crippen molar-refractivity contribution < 1.29 is 18.7 Å². The normalized spacial score (nSPS) is 13.2. The van der Waals surface area contributed by atoms with Gasteiger partial charge in [0.15, 0.2) is 11.6 Å². The van der Waals surface area contributed by atoms with Crippen molar-refractivity contribution in [3.63, 3.8) is 0 Å². The standard InChI is InChI=1S/C19H16ClF2N3O2/c1-10(18(26)12-4-7-15(21)16(22)8-12)24-19(27)14-9-23-25-17(14)11-2-5-13(20)6-3-11/h2-10,18,26H,1H3,(H,23,25)(H,24,27). The van der Waals surface area contributed by atoms with Crippen LogP contribution < -0.4 is 5.32 Å². The van der Waals surface area contributed by atoms with Gasteiger partial charge in [0.1, 0.15) is 0 Å². The van der Waals surface area contributed by atoms with Crippen LogP contribution in [0.2, 0.25) is 5.02 Å². The molecule has 1 aromatic heterocycles. The van der Waals surface area contributed by atoms with Gasteiger partial charge in [0, 0.05) is 10.6 Å². The van der Waals surface area contributed by atoms with E-state index in [0.29, 0.717) is 10.7 Å². The number of aromatic amines is 1. The zero-order valence-corrected chi connectivity index (χ0v) is 15.0. The van der Waals surface area contributed by atoms with E-state index in [4.69, 9.17) is 11.6 Å². The van der Waals surface area contributed by atoms with E-state index >= 15 is 0 Å². The van der Waals surface area contributed by atoms with Crippen LogP contribution in [-0.2, 0) is 0 Å². The summed E-state index contributed by atoms with van der Waals surface area (Å²) in [5.74, 6) is -2.54. The number of hydrogen-bond donors (Lipinski definition) is 3. The lowest BCUT2D eigenvalue weighted by molar-refractivity contribution is 0.0852. The van der Waals surface area contributed by atoms with E-state index in [2.05, 4.69) is 15.5 Å². The van der Waals surface area contributed by atoms with Gasteiger partial charge >= 0.3 is 0 Å². The third-order valence-electron chi connectivity index (χ3n) is 4.13. The van der Waals surface area contributed by atoms with Crippen LogP contribution in [0.4, 0.5) is 8.78 Å². The summed E-state index contributed by atoms with van der Waals surface area (Å²) in [5, 5.41) is 20.2. The van der Waals surface area contributed by atoms with Crippen molar-refractivity contribution in [1.29, 1.82) is 0 Å². The summed E-state index contributed by atoms with van der Waals surface area (Å²) >= 11 is 5.88. The molecule has 0 radical (unpaired) electrons. The van der Waals surface area contributed by atoms with Gasteiger partial charge in [0.25, 0.3) is 5.91 Å². The predicted molar refractivity (Wildman–Crippen MR) is 97.3 cm³/mol. The van der Waals surface area contributed by atoms with E-state index in [9.17, 15) is 18.7 Å². The van der Waals surface area contributed by atoms with Gasteiger partial charge in [-0.15, -0.1) is 0 Å². The molecular weight excluding hydrogens is 376 g/mol. The Labute approximate surface area is 159 Å². The van der Waals surface area contributed by atoms with Crippen molar-refractivity contribution in [2.75, 3.05) is 0 Å². The van der Waals surface area contributed by atoms with E-state index in [1.54, 1.807) is 31.2 Å². The van der Waals surface area contributed by atoms with Gasteiger partial charge < -0.3 is 10.4 Å². The number of H-pyrrole nitrogens is 1. The van der Waals surface area contributed by atoms with Crippen LogP contribution in [0.5, 0.6) is 0 Å². The summed E-state index contributed by atoms with van der Waals surface area (Å²) < 4.78 is 26.4. The van der Waals surface area contributed by atoms with E-state index in [1.807, 2.05) is 0 Å². The summed E-state index contributed by atoms with van der Waals surface area (Å²) in [4.78, 5) is 12.6. The van der Waals surface area contributed by atoms with Crippen LogP contribution in [0.25, 0.3) is 11.3 Å². The van der Waals surface area contributed by atoms with Crippen LogP contribution in [0.1, 0.15) is 28.9 Å². The van der Waals surface area contributed by atoms with Gasteiger partial charge in [-0.2, -0.15) is 5.10 Å². The molecule has 1 heterocycles. The van der Waals surface area contributed by atoms with Gasteiger partial charge in [-0.25, -0.2) is 8.78 Å². The number of nitrogens with one attached hydrogen (secondary N) is 2. The minimum absolute atomic E-state index is 0.159. The second-order valence-electron chi connectivity index (χ2n) is 6.05. The molecule has 140 valence electrons. The van der Waals surface area contributed by atoms with Crippen molar-refractivity contribution in [2.24, 2.45) is 0 Å². The Bertz CT molecular complexity index is 960. The first-order chi connectivity index (χ1) is 12.9. The molecule has 3 aromatic rings. The number of carbonyl (C=O) groups is 1. The maximum atomic E-state index is 13.4. The molecule has 0 aliphatic rings. The number of halogens is 3. The minimum Gasteiger partial charge on any atom is -0.386 e. The molecule has 0 aliphatic heterocycles. The lowest BCUT2D eigenvalue weighted by Crippen LogP contribution is -2.37. The summed E-state index contributed by atoms with van der Waals surface area (Å²) in [7, 11) is 0. The Morgan fingerprint density at radius 2 is 1.89 bits per heavy atom. The number of aliphatic hydroxyl groups is 1. The molecule has 0 saturated carbocycles. The largest absolute Gasteiger partial charge is 0.386 e. The highest BCUT2D eigenvalue weighted by Gasteiger charge is 2.22. The molecule has 2 unspecified atom stereocenters. The van der Waals surface area contributed by atoms with Crippen LogP contribution in [0.3, 0.4) is 0 Å². The molecule has 0 aliphatic carbocycles. The summed E-state index contributed by atoms with van der Waals surface area (Å²) in [6.07, 6.45) is 0.158. The first-order valence-electron chi connectivity index (χ1n) is 8.10. The number of aliphatic hydroxyl groups excluding tert-OH is 1. The number of rotatable bonds is 5. The first-order valence-corrected chi connectivity index (χ1v) is 8.48. The minimum atomic E-state index is -1.21. The van der Waals surface area contributed by atoms with Crippen LogP contribution in [0.15, 0.2) is 48.7 Å². The molecule has 0 saturated heterocycles. The molecule has 0 spiro atoms. The average Bonchev–Trinajstić information content (AvgIpc) is 3.14. The molecule has 3 N–H and O–H groups in total. The number of hydrogen-bond acceptors (Lipinski definition) is 3. The molecular formula is C19H16ClF2N3O2. The van der Waals surface area contributed by atoms with Crippen LogP contribution in [-0.4, -0.2) is 27.3 Å². The highest BCUT2D eigenvalue weighted by Crippen LogP contribution is 2.24. The number of nitrogens with zero attached hydrogens (tertiary/aromatic N) is 1. The van der Waals surface area contributed by atoms with Crippen LogP contribution in [0, 0.1) is 11.6 Å². The summed E-state index contributed by atoms with van der Waals surface area (Å²) in [5.41, 5.74) is 1.66. The summed E-state index contributed by atoms with van der Waals surface area (Å²) in [6, 6.07) is 9.21. The fraction of sp³-hybridized carbons (Fsp3) is 0.158. The van der Waals surface area contributed by atoms with Crippen molar-refractivity contribution in [2.45, 2.75) is 19.1 Å². The van der Waals surface area contributed by atoms with E-state index in [1.165, 1.54) is 12.3 Å². The Morgan fingerprint density at radius 3 is 2.56 bits per heavy atom. The van der Waals surface area contributed by atoms with Crippen molar-refractivity contribution >= 4 is 17.5 Å². The maximum absolute atomic E-state index is 13.4. The monoisotopic (exact) mass is 391 g/mol. The van der Waals surface area contributed by atoms with Crippen molar-refractivity contribution in [3.8, 4) is 11.3 Å². The highest BCUT2D eigenvalue weighted by atomic mass is 35.5. The van der Waals surface area contributed by atoms with E-state index in [0.717, 1.165) is 17.7 Å². The molecule has 3 rings (SSSR count). The molecule has 0 fully saturated rings. The Kier molecular flexibility index (Phi) is 5.53. The number of aromatic nitrogens is 2. The molecule has 2 aromatic carbocycles. The molecule has 0 bridgehead atoms. The zero-order valence-electron chi connectivity index (χ0n) is 14.2. The zero-order chi connectivity index (χ0) is 19.6. The van der Waals surface area contributed by atoms with Crippen LogP contribution >= 0.6 is 11.6 Å². The van der Waals surface area contributed by atoms with Gasteiger partial charge in [-0.1, -0.05) is 29.8 Å². The fourth-order valence-electron chi connectivity index (χ4n) is 2.64. The lowest BCUT2D eigenvalue weighted by atomic mass is 10.0. The van der Waals surface area contributed by atoms with Gasteiger partial charge in [-0.3, -0.25) is 9.89 Å². The second kappa shape index (κ2) is 7.85. The van der Waals surface area contributed by atoms with Crippen molar-refractivity contribution in [3.05, 3.63) is 76.4 Å². The Hall–Kier alpha value is -2.77. The number of carbonyl (C=O) groups excluding carboxylic acids is 1. The molecule has 8 heteroatoms. The predicted octanol–water partition coefficient (Wildman–Crippen LogP) is 3.86. The van der Waals surface area contributed by atoms with Gasteiger partial charge in [0.2, 0.25) is 0 Å². The Balaban J connectivity index is 1.76. The molecule has 1 amide bonds. The molecule has 2 atom stereocenters. The number of benzene rings is 2. The van der Waals surface area contributed by atoms with Gasteiger partial charge in [0.05, 0.1) is 29.6 Å². The highest BCUT2D eigenvalue weighted by molar-refractivity contribution is 6.30. The molecule has 27 heavy (non-hydrogen) atoms. The van der Waals surface area contributed by atoms with Crippen molar-refractivity contribution in [1.82, 2.24) is 15.5 Å². The topological polar surface area (TPSA) is 78.0 Å². The average molecular weight is 392 g/mol. The third-order valence-corrected chi connectivity index (χ3v) is 4.39. The SMILES string of the molecule is CC(NC(=O)c1cn[nH]c1-c1ccc(Cl)cc1)C(O)c1ccc(F)c(F)c1. The molecule has 5 nitrogen and oxygen atoms in total. The third kappa shape index (κ3) is 4.15. The number of amides is 1. The fourth-order valence-corrected chi connectivity index (χ4v) is 2.77. The van der Waals surface area contributed by atoms with E-state index < -0.39 is 29.7 Å². The Morgan fingerprint density at radius 1 is 1.19 bits per heavy atom. The first kappa shape index (κ1) is 19.0. The smallest absolute Gasteiger partial charge is 0.255 e.